The van der Waals surface area contributed by atoms with Crippen LogP contribution < -0.4 is 22.4 Å². The first-order chi connectivity index (χ1) is 12.9. The number of nitrogen functional groups attached to an aromatic ring is 1. The topological polar surface area (TPSA) is 81.5 Å². The van der Waals surface area contributed by atoms with Crippen LogP contribution in [0.15, 0.2) is 21.9 Å². The van der Waals surface area contributed by atoms with Gasteiger partial charge in [0, 0.05) is 33.5 Å². The number of nitrogens with one attached hydrogen (secondary N) is 1. The molecular formula is C19H19FN4O2S. The van der Waals surface area contributed by atoms with Gasteiger partial charge >= 0.3 is 5.69 Å². The molecule has 0 spiro atoms. The number of halogens is 1. The van der Waals surface area contributed by atoms with Gasteiger partial charge in [0.2, 0.25) is 0 Å². The summed E-state index contributed by atoms with van der Waals surface area (Å²) in [6.45, 7) is 4.64. The highest BCUT2D eigenvalue weighted by Crippen LogP contribution is 2.44. The minimum absolute atomic E-state index is 0.0810. The lowest BCUT2D eigenvalue weighted by Crippen LogP contribution is -2.44. The fraction of sp³-hybridized carbons (Fsp3) is 0.368. The molecule has 3 N–H and O–H groups in total. The van der Waals surface area contributed by atoms with Crippen LogP contribution in [0.5, 0.6) is 0 Å². The van der Waals surface area contributed by atoms with E-state index in [9.17, 15) is 9.59 Å². The Morgan fingerprint density at radius 1 is 1.33 bits per heavy atom. The number of nitrogens with zero attached hydrogens (tertiary/aromatic N) is 2. The second-order valence-corrected chi connectivity index (χ2v) is 8.53. The lowest BCUT2D eigenvalue weighted by Gasteiger charge is -2.15. The molecule has 8 heteroatoms. The summed E-state index contributed by atoms with van der Waals surface area (Å²) in [6.07, 6.45) is 2.93. The van der Waals surface area contributed by atoms with Crippen LogP contribution in [0.4, 0.5) is 4.39 Å². The molecule has 0 radical (unpaired) electrons. The second kappa shape index (κ2) is 5.53. The van der Waals surface area contributed by atoms with Crippen molar-refractivity contribution in [2.45, 2.75) is 45.2 Å². The minimum atomic E-state index is -0.723. The summed E-state index contributed by atoms with van der Waals surface area (Å²) in [5.74, 6) is 5.27. The fourth-order valence-corrected chi connectivity index (χ4v) is 5.42. The summed E-state index contributed by atoms with van der Waals surface area (Å²) in [4.78, 5) is 27.2. The quantitative estimate of drug-likeness (QED) is 0.663. The Balaban J connectivity index is 1.86. The van der Waals surface area contributed by atoms with E-state index < -0.39 is 17.1 Å². The highest BCUT2D eigenvalue weighted by Gasteiger charge is 2.32. The average molecular weight is 386 g/mol. The van der Waals surface area contributed by atoms with Crippen LogP contribution >= 0.6 is 11.3 Å². The highest BCUT2D eigenvalue weighted by molar-refractivity contribution is 7.15. The molecule has 27 heavy (non-hydrogen) atoms. The number of pyridine rings is 1. The number of aryl methyl sites for hydroxylation is 1. The first-order valence-corrected chi connectivity index (χ1v) is 9.82. The van der Waals surface area contributed by atoms with Crippen molar-refractivity contribution < 1.29 is 4.39 Å². The molecule has 4 heterocycles. The molecule has 3 aromatic rings. The standard InChI is InChI=1S/C19H19FN4O2S/c1-8-14(13-5-11-6-22-9(2)17(11)27-13)12(20)7-23-16(8)15(10-3-4-10)18(25)24(21)19(23)26/h5,7,9-10,22H,3-4,6,21H2,1-2H3. The maximum absolute atomic E-state index is 15.1. The van der Waals surface area contributed by atoms with E-state index in [0.717, 1.165) is 24.3 Å². The molecule has 0 aromatic carbocycles. The van der Waals surface area contributed by atoms with Gasteiger partial charge < -0.3 is 11.2 Å². The third-order valence-electron chi connectivity index (χ3n) is 5.63. The maximum atomic E-state index is 15.1. The molecule has 1 atom stereocenters. The largest absolute Gasteiger partial charge is 0.354 e. The molecular weight excluding hydrogens is 367 g/mol. The van der Waals surface area contributed by atoms with Crippen molar-refractivity contribution in [1.82, 2.24) is 14.4 Å². The van der Waals surface area contributed by atoms with Gasteiger partial charge in [-0.2, -0.15) is 4.68 Å². The normalized spacial score (nSPS) is 19.0. The van der Waals surface area contributed by atoms with E-state index in [1.54, 1.807) is 18.3 Å². The van der Waals surface area contributed by atoms with Gasteiger partial charge in [0.1, 0.15) is 5.82 Å². The molecule has 6 nitrogen and oxygen atoms in total. The summed E-state index contributed by atoms with van der Waals surface area (Å²) >= 11 is 1.56. The molecule has 2 aliphatic rings. The molecule has 3 aromatic heterocycles. The number of thiophene rings is 1. The number of hydrogen-bond donors (Lipinski definition) is 2. The Bertz CT molecular complexity index is 1240. The SMILES string of the molecule is Cc1c(-c2cc3c(s2)C(C)NC3)c(F)cn2c(=O)n(N)c(=O)c(C3CC3)c12. The zero-order valence-electron chi connectivity index (χ0n) is 15.0. The molecule has 1 aliphatic heterocycles. The van der Waals surface area contributed by atoms with Gasteiger partial charge in [-0.15, -0.1) is 11.3 Å². The Morgan fingerprint density at radius 3 is 2.74 bits per heavy atom. The monoisotopic (exact) mass is 386 g/mol. The Labute approximate surface area is 158 Å². The average Bonchev–Trinajstić information content (AvgIpc) is 3.29. The summed E-state index contributed by atoms with van der Waals surface area (Å²) in [6, 6.07) is 2.26. The molecule has 140 valence electrons. The Kier molecular flexibility index (Phi) is 3.42. The van der Waals surface area contributed by atoms with Crippen LogP contribution in [0.1, 0.15) is 53.3 Å². The number of nitrogens with two attached hydrogens (primary N) is 1. The molecule has 1 saturated carbocycles. The van der Waals surface area contributed by atoms with Gasteiger partial charge in [0.25, 0.3) is 5.56 Å². The highest BCUT2D eigenvalue weighted by atomic mass is 32.1. The lowest BCUT2D eigenvalue weighted by atomic mass is 10.0. The van der Waals surface area contributed by atoms with E-state index in [0.29, 0.717) is 26.9 Å². The fourth-order valence-electron chi connectivity index (χ4n) is 4.11. The third-order valence-corrected chi connectivity index (χ3v) is 7.01. The van der Waals surface area contributed by atoms with Crippen LogP contribution in [0, 0.1) is 12.7 Å². The number of aromatic nitrogens is 2. The van der Waals surface area contributed by atoms with Crippen LogP contribution in [-0.2, 0) is 6.54 Å². The molecule has 0 saturated heterocycles. The first-order valence-electron chi connectivity index (χ1n) is 9.00. The third kappa shape index (κ3) is 2.26. The summed E-state index contributed by atoms with van der Waals surface area (Å²) in [5.41, 5.74) is 2.09. The van der Waals surface area contributed by atoms with Gasteiger partial charge in [0.15, 0.2) is 0 Å². The Morgan fingerprint density at radius 2 is 2.07 bits per heavy atom. The van der Waals surface area contributed by atoms with Crippen LogP contribution in [-0.4, -0.2) is 9.08 Å². The first kappa shape index (κ1) is 16.7. The number of hydrogen-bond acceptors (Lipinski definition) is 5. The van der Waals surface area contributed by atoms with Crippen molar-refractivity contribution in [1.29, 1.82) is 0 Å². The van der Waals surface area contributed by atoms with Crippen molar-refractivity contribution >= 4 is 16.9 Å². The van der Waals surface area contributed by atoms with Crippen LogP contribution in [0.25, 0.3) is 16.0 Å². The summed E-state index contributed by atoms with van der Waals surface area (Å²) in [5, 5.41) is 3.37. The van der Waals surface area contributed by atoms with Gasteiger partial charge in [-0.3, -0.25) is 9.20 Å². The van der Waals surface area contributed by atoms with Crippen molar-refractivity contribution in [3.63, 3.8) is 0 Å². The van der Waals surface area contributed by atoms with E-state index in [1.165, 1.54) is 21.0 Å². The number of rotatable bonds is 2. The zero-order valence-corrected chi connectivity index (χ0v) is 15.8. The van der Waals surface area contributed by atoms with Crippen molar-refractivity contribution in [2.24, 2.45) is 0 Å². The smallest absolute Gasteiger partial charge is 0.332 e. The van der Waals surface area contributed by atoms with Gasteiger partial charge in [-0.1, -0.05) is 0 Å². The van der Waals surface area contributed by atoms with Crippen molar-refractivity contribution in [3.8, 4) is 10.4 Å². The second-order valence-electron chi connectivity index (χ2n) is 7.44. The molecule has 5 rings (SSSR count). The summed E-state index contributed by atoms with van der Waals surface area (Å²) in [7, 11) is 0. The minimum Gasteiger partial charge on any atom is -0.332 e. The Hall–Kier alpha value is -2.45. The van der Waals surface area contributed by atoms with E-state index in [4.69, 9.17) is 5.84 Å². The van der Waals surface area contributed by atoms with Crippen molar-refractivity contribution in [2.75, 3.05) is 5.84 Å². The van der Waals surface area contributed by atoms with Gasteiger partial charge in [-0.05, 0) is 49.8 Å². The predicted octanol–water partition coefficient (Wildman–Crippen LogP) is 2.39. The van der Waals surface area contributed by atoms with Crippen LogP contribution in [0.3, 0.4) is 0 Å². The maximum Gasteiger partial charge on any atom is 0.354 e. The predicted molar refractivity (Wildman–Crippen MR) is 103 cm³/mol. The van der Waals surface area contributed by atoms with E-state index >= 15 is 4.39 Å². The molecule has 1 unspecified atom stereocenters. The molecule has 0 amide bonds. The van der Waals surface area contributed by atoms with E-state index in [-0.39, 0.29) is 12.0 Å². The summed E-state index contributed by atoms with van der Waals surface area (Å²) < 4.78 is 16.9. The van der Waals surface area contributed by atoms with Gasteiger partial charge in [0.05, 0.1) is 11.7 Å². The zero-order chi connectivity index (χ0) is 19.0. The van der Waals surface area contributed by atoms with Crippen molar-refractivity contribution in [3.05, 3.63) is 60.5 Å². The van der Waals surface area contributed by atoms with E-state index in [1.807, 2.05) is 6.07 Å². The molecule has 1 fully saturated rings. The number of fused-ring (bicyclic) bond motifs is 2. The van der Waals surface area contributed by atoms with E-state index in [2.05, 4.69) is 12.2 Å². The molecule has 0 bridgehead atoms. The van der Waals surface area contributed by atoms with Gasteiger partial charge in [-0.25, -0.2) is 9.18 Å². The lowest BCUT2D eigenvalue weighted by molar-refractivity contribution is 0.616. The van der Waals surface area contributed by atoms with Crippen LogP contribution in [0.2, 0.25) is 0 Å². The molecule has 1 aliphatic carbocycles.